The average molecular weight is 582 g/mol. The number of hydrogen-bond acceptors (Lipinski definition) is 6. The highest BCUT2D eigenvalue weighted by molar-refractivity contribution is 7.92. The second kappa shape index (κ2) is 14.0. The van der Waals surface area contributed by atoms with E-state index in [1.54, 1.807) is 37.3 Å². The number of hydrogen-bond donors (Lipinski definition) is 1. The smallest absolute Gasteiger partial charge is 0.264 e. The first-order valence-electron chi connectivity index (χ1n) is 13.4. The highest BCUT2D eigenvalue weighted by Crippen LogP contribution is 2.36. The van der Waals surface area contributed by atoms with Crippen LogP contribution < -0.4 is 19.1 Å². The predicted molar refractivity (Wildman–Crippen MR) is 160 cm³/mol. The second-order valence-electron chi connectivity index (χ2n) is 10.2. The number of rotatable bonds is 13. The van der Waals surface area contributed by atoms with Gasteiger partial charge in [0.25, 0.3) is 10.0 Å². The van der Waals surface area contributed by atoms with Crippen LogP contribution in [-0.2, 0) is 26.2 Å². The number of carbonyl (C=O) groups excluding carboxylic acids is 2. The lowest BCUT2D eigenvalue weighted by molar-refractivity contribution is -0.139. The van der Waals surface area contributed by atoms with E-state index in [2.05, 4.69) is 5.32 Å². The maximum atomic E-state index is 14.1. The first-order valence-corrected chi connectivity index (χ1v) is 14.8. The summed E-state index contributed by atoms with van der Waals surface area (Å²) in [4.78, 5) is 28.6. The molecule has 3 aromatic carbocycles. The molecule has 1 N–H and O–H groups in total. The lowest BCUT2D eigenvalue weighted by Gasteiger charge is -2.32. The molecule has 220 valence electrons. The summed E-state index contributed by atoms with van der Waals surface area (Å²) in [5.74, 6) is -0.0241. The first-order chi connectivity index (χ1) is 19.5. The molecular formula is C31H39N3O6S. The standard InChI is InChI=1S/C31H39N3O6S/c1-22(2)19-32-31(36)24(4)33(20-25-12-10-11-23(3)17-25)30(35)21-34(41(37,38)27-13-8-7-9-14-27)28-18-26(39-5)15-16-29(28)40-6/h7-18,22,24H,19-21H2,1-6H3,(H,32,36)/t24-/m1/s1. The fourth-order valence-electron chi connectivity index (χ4n) is 4.27. The van der Waals surface area contributed by atoms with Gasteiger partial charge >= 0.3 is 0 Å². The number of ether oxygens (including phenoxy) is 2. The molecule has 0 aliphatic heterocycles. The summed E-state index contributed by atoms with van der Waals surface area (Å²) in [7, 11) is -1.35. The molecule has 2 amide bonds. The number of amides is 2. The molecule has 9 nitrogen and oxygen atoms in total. The molecule has 0 aliphatic carbocycles. The average Bonchev–Trinajstić information content (AvgIpc) is 2.96. The van der Waals surface area contributed by atoms with Gasteiger partial charge < -0.3 is 19.7 Å². The minimum absolute atomic E-state index is 0.00521. The molecule has 0 aliphatic rings. The van der Waals surface area contributed by atoms with Crippen LogP contribution in [0.25, 0.3) is 0 Å². The first kappa shape index (κ1) is 31.5. The van der Waals surface area contributed by atoms with E-state index in [1.807, 2.05) is 45.0 Å². The maximum Gasteiger partial charge on any atom is 0.264 e. The molecule has 0 unspecified atom stereocenters. The summed E-state index contributed by atoms with van der Waals surface area (Å²) in [6.07, 6.45) is 0. The molecule has 3 rings (SSSR count). The van der Waals surface area contributed by atoms with E-state index >= 15 is 0 Å². The van der Waals surface area contributed by atoms with Crippen molar-refractivity contribution in [2.24, 2.45) is 5.92 Å². The maximum absolute atomic E-state index is 14.1. The van der Waals surface area contributed by atoms with Crippen LogP contribution in [0.1, 0.15) is 31.9 Å². The van der Waals surface area contributed by atoms with Gasteiger partial charge in [-0.1, -0.05) is 61.9 Å². The van der Waals surface area contributed by atoms with Crippen molar-refractivity contribution in [1.29, 1.82) is 0 Å². The van der Waals surface area contributed by atoms with Crippen molar-refractivity contribution in [2.75, 3.05) is 31.6 Å². The van der Waals surface area contributed by atoms with Gasteiger partial charge in [0.2, 0.25) is 11.8 Å². The number of nitrogens with zero attached hydrogens (tertiary/aromatic N) is 2. The van der Waals surface area contributed by atoms with Gasteiger partial charge in [0.1, 0.15) is 24.1 Å². The zero-order valence-electron chi connectivity index (χ0n) is 24.5. The molecule has 0 radical (unpaired) electrons. The van der Waals surface area contributed by atoms with E-state index in [0.29, 0.717) is 12.3 Å². The number of benzene rings is 3. The van der Waals surface area contributed by atoms with Crippen LogP contribution in [0.2, 0.25) is 0 Å². The Morgan fingerprint density at radius 1 is 0.902 bits per heavy atom. The molecule has 0 aromatic heterocycles. The van der Waals surface area contributed by atoms with Crippen LogP contribution in [0, 0.1) is 12.8 Å². The minimum Gasteiger partial charge on any atom is -0.497 e. The van der Waals surface area contributed by atoms with Crippen LogP contribution in [-0.4, -0.2) is 58.5 Å². The van der Waals surface area contributed by atoms with Gasteiger partial charge in [-0.3, -0.25) is 13.9 Å². The molecule has 10 heteroatoms. The SMILES string of the molecule is COc1ccc(OC)c(N(CC(=O)N(Cc2cccc(C)c2)[C@H](C)C(=O)NCC(C)C)S(=O)(=O)c2ccccc2)c1. The molecule has 0 bridgehead atoms. The van der Waals surface area contributed by atoms with Crippen molar-refractivity contribution in [3.63, 3.8) is 0 Å². The van der Waals surface area contributed by atoms with Crippen molar-refractivity contribution in [3.05, 3.63) is 83.9 Å². The summed E-state index contributed by atoms with van der Waals surface area (Å²) < 4.78 is 39.9. The Kier molecular flexibility index (Phi) is 10.8. The zero-order valence-corrected chi connectivity index (χ0v) is 25.3. The number of carbonyl (C=O) groups is 2. The van der Waals surface area contributed by atoms with Crippen molar-refractivity contribution < 1.29 is 27.5 Å². The zero-order chi connectivity index (χ0) is 30.2. The highest BCUT2D eigenvalue weighted by atomic mass is 32.2. The van der Waals surface area contributed by atoms with E-state index in [-0.39, 0.29) is 34.7 Å². The Bertz CT molecular complexity index is 1440. The van der Waals surface area contributed by atoms with Crippen LogP contribution in [0.15, 0.2) is 77.7 Å². The van der Waals surface area contributed by atoms with E-state index in [1.165, 1.54) is 37.3 Å². The van der Waals surface area contributed by atoms with Crippen molar-refractivity contribution in [2.45, 2.75) is 45.2 Å². The van der Waals surface area contributed by atoms with Gasteiger partial charge in [-0.25, -0.2) is 8.42 Å². The van der Waals surface area contributed by atoms with Gasteiger partial charge in [-0.15, -0.1) is 0 Å². The Morgan fingerprint density at radius 2 is 1.61 bits per heavy atom. The predicted octanol–water partition coefficient (Wildman–Crippen LogP) is 4.40. The van der Waals surface area contributed by atoms with Gasteiger partial charge in [0.05, 0.1) is 24.8 Å². The molecule has 3 aromatic rings. The quantitative estimate of drug-likeness (QED) is 0.321. The highest BCUT2D eigenvalue weighted by Gasteiger charge is 2.34. The third-order valence-corrected chi connectivity index (χ3v) is 8.33. The lowest BCUT2D eigenvalue weighted by Crippen LogP contribution is -2.51. The molecular weight excluding hydrogens is 542 g/mol. The summed E-state index contributed by atoms with van der Waals surface area (Å²) in [6.45, 7) is 7.54. The van der Waals surface area contributed by atoms with Crippen molar-refractivity contribution >= 4 is 27.5 Å². The fourth-order valence-corrected chi connectivity index (χ4v) is 5.70. The third-order valence-electron chi connectivity index (χ3n) is 6.55. The Morgan fingerprint density at radius 3 is 2.22 bits per heavy atom. The lowest BCUT2D eigenvalue weighted by atomic mass is 10.1. The normalized spacial score (nSPS) is 12.0. The van der Waals surface area contributed by atoms with Crippen LogP contribution in [0.4, 0.5) is 5.69 Å². The number of nitrogens with one attached hydrogen (secondary N) is 1. The summed E-state index contributed by atoms with van der Waals surface area (Å²) in [5, 5.41) is 2.89. The van der Waals surface area contributed by atoms with Crippen LogP contribution >= 0.6 is 0 Å². The molecule has 0 fully saturated rings. The number of aryl methyl sites for hydroxylation is 1. The van der Waals surface area contributed by atoms with Crippen molar-refractivity contribution in [3.8, 4) is 11.5 Å². The van der Waals surface area contributed by atoms with E-state index < -0.39 is 28.5 Å². The molecule has 41 heavy (non-hydrogen) atoms. The van der Waals surface area contributed by atoms with Crippen molar-refractivity contribution in [1.82, 2.24) is 10.2 Å². The van der Waals surface area contributed by atoms with Crippen LogP contribution in [0.5, 0.6) is 11.5 Å². The van der Waals surface area contributed by atoms with Gasteiger partial charge in [-0.2, -0.15) is 0 Å². The topological polar surface area (TPSA) is 105 Å². The Labute approximate surface area is 243 Å². The van der Waals surface area contributed by atoms with E-state index in [4.69, 9.17) is 9.47 Å². The Balaban J connectivity index is 2.09. The Hall–Kier alpha value is -4.05. The summed E-state index contributed by atoms with van der Waals surface area (Å²) in [6, 6.07) is 19.4. The van der Waals surface area contributed by atoms with E-state index in [0.717, 1.165) is 15.4 Å². The monoisotopic (exact) mass is 581 g/mol. The largest absolute Gasteiger partial charge is 0.497 e. The van der Waals surface area contributed by atoms with Crippen LogP contribution in [0.3, 0.4) is 0 Å². The number of anilines is 1. The van der Waals surface area contributed by atoms with E-state index in [9.17, 15) is 18.0 Å². The number of sulfonamides is 1. The third kappa shape index (κ3) is 8.00. The van der Waals surface area contributed by atoms with Gasteiger partial charge in [-0.05, 0) is 49.6 Å². The number of methoxy groups -OCH3 is 2. The molecule has 0 saturated carbocycles. The molecule has 0 spiro atoms. The fraction of sp³-hybridized carbons (Fsp3) is 0.355. The molecule has 0 heterocycles. The summed E-state index contributed by atoms with van der Waals surface area (Å²) in [5.41, 5.74) is 1.95. The summed E-state index contributed by atoms with van der Waals surface area (Å²) >= 11 is 0. The molecule has 0 saturated heterocycles. The van der Waals surface area contributed by atoms with Gasteiger partial charge in [0, 0.05) is 19.2 Å². The van der Waals surface area contributed by atoms with Gasteiger partial charge in [0.15, 0.2) is 0 Å². The minimum atomic E-state index is -4.24. The second-order valence-corrected chi connectivity index (χ2v) is 12.1. The molecule has 1 atom stereocenters.